The molecule has 86 valence electrons. The number of amides is 1. The Morgan fingerprint density at radius 1 is 1.60 bits per heavy atom. The summed E-state index contributed by atoms with van der Waals surface area (Å²) in [5, 5.41) is 3.37. The lowest BCUT2D eigenvalue weighted by atomic mass is 9.92. The minimum Gasteiger partial charge on any atom is -0.338 e. The third kappa shape index (κ3) is 2.40. The van der Waals surface area contributed by atoms with Gasteiger partial charge in [-0.15, -0.1) is 6.58 Å². The van der Waals surface area contributed by atoms with E-state index in [-0.39, 0.29) is 11.4 Å². The van der Waals surface area contributed by atoms with Crippen molar-refractivity contribution in [1.82, 2.24) is 10.2 Å². The Bertz CT molecular complexity index is 232. The highest BCUT2D eigenvalue weighted by molar-refractivity contribution is 5.86. The Morgan fingerprint density at radius 3 is 2.73 bits per heavy atom. The fourth-order valence-corrected chi connectivity index (χ4v) is 2.26. The largest absolute Gasteiger partial charge is 0.338 e. The molecule has 0 aromatic rings. The molecule has 0 spiro atoms. The quantitative estimate of drug-likeness (QED) is 0.698. The fraction of sp³-hybridized carbons (Fsp3) is 0.750. The van der Waals surface area contributed by atoms with Crippen LogP contribution in [-0.2, 0) is 4.79 Å². The molecule has 1 aliphatic heterocycles. The van der Waals surface area contributed by atoms with Crippen molar-refractivity contribution < 1.29 is 4.79 Å². The summed E-state index contributed by atoms with van der Waals surface area (Å²) in [5.41, 5.74) is -0.293. The highest BCUT2D eigenvalue weighted by atomic mass is 16.2. The maximum Gasteiger partial charge on any atom is 0.243 e. The Hall–Kier alpha value is -0.830. The van der Waals surface area contributed by atoms with Crippen molar-refractivity contribution >= 4 is 5.91 Å². The topological polar surface area (TPSA) is 32.3 Å². The second kappa shape index (κ2) is 5.31. The van der Waals surface area contributed by atoms with E-state index in [2.05, 4.69) is 18.8 Å². The van der Waals surface area contributed by atoms with Crippen LogP contribution < -0.4 is 5.32 Å². The standard InChI is InChI=1S/C12H22N2O/c1-4-10-14(6-3)11(15)12(5-2)8-7-9-13-12/h4,13H,1,5-10H2,2-3H3. The Kier molecular flexibility index (Phi) is 4.33. The normalized spacial score (nSPS) is 25.2. The van der Waals surface area contributed by atoms with Gasteiger partial charge in [-0.3, -0.25) is 4.79 Å². The minimum absolute atomic E-state index is 0.241. The molecule has 1 saturated heterocycles. The molecule has 15 heavy (non-hydrogen) atoms. The van der Waals surface area contributed by atoms with Crippen LogP contribution in [0.4, 0.5) is 0 Å². The molecule has 0 saturated carbocycles. The summed E-state index contributed by atoms with van der Waals surface area (Å²) in [4.78, 5) is 14.2. The lowest BCUT2D eigenvalue weighted by molar-refractivity contribution is -0.137. The zero-order valence-electron chi connectivity index (χ0n) is 9.88. The molecular formula is C12H22N2O. The van der Waals surface area contributed by atoms with Crippen molar-refractivity contribution in [3.63, 3.8) is 0 Å². The average Bonchev–Trinajstić information content (AvgIpc) is 2.74. The number of carbonyl (C=O) groups excluding carboxylic acids is 1. The molecule has 0 bridgehead atoms. The Balaban J connectivity index is 2.74. The molecule has 3 nitrogen and oxygen atoms in total. The van der Waals surface area contributed by atoms with Gasteiger partial charge in [0, 0.05) is 13.1 Å². The van der Waals surface area contributed by atoms with E-state index in [9.17, 15) is 4.79 Å². The summed E-state index contributed by atoms with van der Waals surface area (Å²) < 4.78 is 0. The number of carbonyl (C=O) groups is 1. The van der Waals surface area contributed by atoms with E-state index in [0.29, 0.717) is 6.54 Å². The van der Waals surface area contributed by atoms with E-state index in [1.807, 2.05) is 11.8 Å². The van der Waals surface area contributed by atoms with Crippen LogP contribution in [-0.4, -0.2) is 36.0 Å². The molecule has 0 aromatic heterocycles. The van der Waals surface area contributed by atoms with Crippen LogP contribution in [0.2, 0.25) is 0 Å². The van der Waals surface area contributed by atoms with Crippen LogP contribution >= 0.6 is 0 Å². The zero-order valence-corrected chi connectivity index (χ0v) is 9.88. The van der Waals surface area contributed by atoms with Gasteiger partial charge >= 0.3 is 0 Å². The van der Waals surface area contributed by atoms with E-state index in [1.165, 1.54) is 0 Å². The van der Waals surface area contributed by atoms with Crippen LogP contribution in [0.25, 0.3) is 0 Å². The number of rotatable bonds is 5. The second-order valence-electron chi connectivity index (χ2n) is 4.10. The molecule has 1 unspecified atom stereocenters. The van der Waals surface area contributed by atoms with Crippen LogP contribution in [0.5, 0.6) is 0 Å². The summed E-state index contributed by atoms with van der Waals surface area (Å²) in [7, 11) is 0. The van der Waals surface area contributed by atoms with E-state index < -0.39 is 0 Å². The predicted molar refractivity (Wildman–Crippen MR) is 62.7 cm³/mol. The molecule has 1 heterocycles. The van der Waals surface area contributed by atoms with Gasteiger partial charge in [0.25, 0.3) is 0 Å². The van der Waals surface area contributed by atoms with Crippen molar-refractivity contribution in [2.24, 2.45) is 0 Å². The smallest absolute Gasteiger partial charge is 0.243 e. The van der Waals surface area contributed by atoms with E-state index >= 15 is 0 Å². The molecule has 0 radical (unpaired) electrons. The predicted octanol–water partition coefficient (Wildman–Crippen LogP) is 1.55. The summed E-state index contributed by atoms with van der Waals surface area (Å²) >= 11 is 0. The van der Waals surface area contributed by atoms with Crippen molar-refractivity contribution in [3.05, 3.63) is 12.7 Å². The van der Waals surface area contributed by atoms with Crippen LogP contribution in [0, 0.1) is 0 Å². The highest BCUT2D eigenvalue weighted by Crippen LogP contribution is 2.25. The summed E-state index contributed by atoms with van der Waals surface area (Å²) in [6.07, 6.45) is 4.74. The van der Waals surface area contributed by atoms with Crippen LogP contribution in [0.15, 0.2) is 12.7 Å². The van der Waals surface area contributed by atoms with E-state index in [4.69, 9.17) is 0 Å². The maximum atomic E-state index is 12.3. The van der Waals surface area contributed by atoms with Gasteiger partial charge in [-0.25, -0.2) is 0 Å². The maximum absolute atomic E-state index is 12.3. The molecule has 1 fully saturated rings. The van der Waals surface area contributed by atoms with Crippen LogP contribution in [0.1, 0.15) is 33.1 Å². The van der Waals surface area contributed by atoms with Crippen molar-refractivity contribution in [3.8, 4) is 0 Å². The summed E-state index contributed by atoms with van der Waals surface area (Å²) in [5.74, 6) is 0.241. The number of hydrogen-bond acceptors (Lipinski definition) is 2. The van der Waals surface area contributed by atoms with Gasteiger partial charge in [0.2, 0.25) is 5.91 Å². The molecule has 1 amide bonds. The number of hydrogen-bond donors (Lipinski definition) is 1. The molecule has 0 aromatic carbocycles. The zero-order chi connectivity index (χ0) is 11.3. The van der Waals surface area contributed by atoms with Gasteiger partial charge in [-0.1, -0.05) is 13.0 Å². The molecular weight excluding hydrogens is 188 g/mol. The number of nitrogens with zero attached hydrogens (tertiary/aromatic N) is 1. The van der Waals surface area contributed by atoms with Crippen molar-refractivity contribution in [1.29, 1.82) is 0 Å². The lowest BCUT2D eigenvalue weighted by Gasteiger charge is -2.32. The van der Waals surface area contributed by atoms with Gasteiger partial charge < -0.3 is 10.2 Å². The Labute approximate surface area is 92.5 Å². The van der Waals surface area contributed by atoms with Gasteiger partial charge in [0.05, 0.1) is 5.54 Å². The third-order valence-corrected chi connectivity index (χ3v) is 3.28. The molecule has 3 heteroatoms. The van der Waals surface area contributed by atoms with Crippen LogP contribution in [0.3, 0.4) is 0 Å². The third-order valence-electron chi connectivity index (χ3n) is 3.28. The fourth-order valence-electron chi connectivity index (χ4n) is 2.26. The summed E-state index contributed by atoms with van der Waals surface area (Å²) in [6.45, 7) is 10.2. The van der Waals surface area contributed by atoms with Crippen molar-refractivity contribution in [2.75, 3.05) is 19.6 Å². The van der Waals surface area contributed by atoms with E-state index in [0.717, 1.165) is 32.4 Å². The summed E-state index contributed by atoms with van der Waals surface area (Å²) in [6, 6.07) is 0. The number of likely N-dealkylation sites (N-methyl/N-ethyl adjacent to an activating group) is 1. The highest BCUT2D eigenvalue weighted by Gasteiger charge is 2.40. The van der Waals surface area contributed by atoms with E-state index in [1.54, 1.807) is 6.08 Å². The molecule has 1 atom stereocenters. The monoisotopic (exact) mass is 210 g/mol. The van der Waals surface area contributed by atoms with Gasteiger partial charge in [-0.05, 0) is 32.7 Å². The Morgan fingerprint density at radius 2 is 2.33 bits per heavy atom. The number of nitrogens with one attached hydrogen (secondary N) is 1. The van der Waals surface area contributed by atoms with Gasteiger partial charge in [0.15, 0.2) is 0 Å². The first kappa shape index (κ1) is 12.2. The average molecular weight is 210 g/mol. The second-order valence-corrected chi connectivity index (χ2v) is 4.10. The molecule has 1 aliphatic rings. The minimum atomic E-state index is -0.293. The SMILES string of the molecule is C=CCN(CC)C(=O)C1(CC)CCCN1. The molecule has 1 rings (SSSR count). The molecule has 1 N–H and O–H groups in total. The first-order valence-electron chi connectivity index (χ1n) is 5.85. The first-order chi connectivity index (χ1) is 7.20. The van der Waals surface area contributed by atoms with Gasteiger partial charge in [0.1, 0.15) is 0 Å². The van der Waals surface area contributed by atoms with Gasteiger partial charge in [-0.2, -0.15) is 0 Å². The van der Waals surface area contributed by atoms with Crippen molar-refractivity contribution in [2.45, 2.75) is 38.6 Å². The first-order valence-corrected chi connectivity index (χ1v) is 5.85. The molecule has 0 aliphatic carbocycles. The lowest BCUT2D eigenvalue weighted by Crippen LogP contribution is -2.54.